The Hall–Kier alpha value is -5.78. The van der Waals surface area contributed by atoms with Crippen LogP contribution in [0.2, 0.25) is 0 Å². The van der Waals surface area contributed by atoms with E-state index in [9.17, 15) is 0 Å². The van der Waals surface area contributed by atoms with Crippen molar-refractivity contribution in [2.75, 3.05) is 0 Å². The summed E-state index contributed by atoms with van der Waals surface area (Å²) in [4.78, 5) is 9.31. The summed E-state index contributed by atoms with van der Waals surface area (Å²) in [6.07, 6.45) is 17.8. The monoisotopic (exact) mass is 684 g/mol. The molecule has 0 saturated carbocycles. The van der Waals surface area contributed by atoms with E-state index < -0.39 is 0 Å². The van der Waals surface area contributed by atoms with E-state index in [-0.39, 0.29) is 5.41 Å². The minimum absolute atomic E-state index is 0.126. The van der Waals surface area contributed by atoms with Crippen molar-refractivity contribution in [1.29, 1.82) is 0 Å². The molecule has 0 amide bonds. The Kier molecular flexibility index (Phi) is 18.0. The van der Waals surface area contributed by atoms with Crippen molar-refractivity contribution in [2.45, 2.75) is 67.3 Å². The third-order valence-corrected chi connectivity index (χ3v) is 8.52. The highest BCUT2D eigenvalue weighted by molar-refractivity contribution is 5.99. The van der Waals surface area contributed by atoms with Gasteiger partial charge in [-0.2, -0.15) is 0 Å². The number of hydrogen-bond acceptors (Lipinski definition) is 2. The molecule has 4 aromatic carbocycles. The molecule has 0 N–H and O–H groups in total. The summed E-state index contributed by atoms with van der Waals surface area (Å²) in [6, 6.07) is 40.3. The molecule has 0 aliphatic rings. The number of aryl methyl sites for hydroxylation is 2. The van der Waals surface area contributed by atoms with Crippen LogP contribution in [-0.2, 0) is 12.0 Å². The Bertz CT molecular complexity index is 1950. The number of hydrogen-bond donors (Lipinski definition) is 0. The molecule has 0 radical (unpaired) electrons. The maximum atomic E-state index is 4.78. The molecule has 0 fully saturated rings. The van der Waals surface area contributed by atoms with E-state index >= 15 is 0 Å². The molecule has 0 bridgehead atoms. The van der Waals surface area contributed by atoms with Crippen molar-refractivity contribution in [1.82, 2.24) is 4.98 Å². The standard InChI is InChI=1S/C31H32N2.C9H10.C8H12.C2H2/c1-22-13-14-28(20-30(22)31(4,5)29-12-9-19-32-24(29)3)27-17-15-26(16-18-27)23(2)33-21-25-10-7-6-8-11-25;1-8(2)9-6-4-3-5-7-9;1-4-5-6-7-8(2)3;1-2/h6-20H,21H2,1-5H3;3-7H,1H2,2H3;4-7H,2H2,1,3H3;1-2H/b;;5-4-,7-6-;. The van der Waals surface area contributed by atoms with Crippen LogP contribution in [0.15, 0.2) is 169 Å². The molecule has 0 aliphatic carbocycles. The topological polar surface area (TPSA) is 25.2 Å². The smallest absolute Gasteiger partial charge is 0.0643 e. The third kappa shape index (κ3) is 13.5. The van der Waals surface area contributed by atoms with Crippen LogP contribution in [0.4, 0.5) is 0 Å². The molecule has 0 aliphatic heterocycles. The van der Waals surface area contributed by atoms with E-state index in [1.807, 2.05) is 81.6 Å². The molecule has 52 heavy (non-hydrogen) atoms. The van der Waals surface area contributed by atoms with Crippen molar-refractivity contribution in [3.8, 4) is 24.0 Å². The van der Waals surface area contributed by atoms with Crippen molar-refractivity contribution < 1.29 is 0 Å². The van der Waals surface area contributed by atoms with Gasteiger partial charge in [-0.25, -0.2) is 0 Å². The summed E-state index contributed by atoms with van der Waals surface area (Å²) >= 11 is 0. The number of pyridine rings is 1. The zero-order valence-corrected chi connectivity index (χ0v) is 32.5. The van der Waals surface area contributed by atoms with E-state index in [4.69, 9.17) is 4.99 Å². The lowest BCUT2D eigenvalue weighted by Gasteiger charge is -2.29. The largest absolute Gasteiger partial charge is 0.285 e. The fourth-order valence-electron chi connectivity index (χ4n) is 5.61. The molecule has 0 spiro atoms. The number of aromatic nitrogens is 1. The maximum absolute atomic E-state index is 4.78. The quantitative estimate of drug-likeness (QED) is 0.0862. The Morgan fingerprint density at radius 3 is 1.85 bits per heavy atom. The van der Waals surface area contributed by atoms with Crippen LogP contribution in [-0.4, -0.2) is 10.7 Å². The fourth-order valence-corrected chi connectivity index (χ4v) is 5.61. The first-order chi connectivity index (χ1) is 24.9. The second-order valence-corrected chi connectivity index (χ2v) is 13.1. The number of terminal acetylenes is 1. The summed E-state index contributed by atoms with van der Waals surface area (Å²) < 4.78 is 0. The lowest BCUT2D eigenvalue weighted by molar-refractivity contribution is 0.627. The van der Waals surface area contributed by atoms with Crippen molar-refractivity contribution >= 4 is 11.3 Å². The van der Waals surface area contributed by atoms with Gasteiger partial charge in [0.2, 0.25) is 0 Å². The Morgan fingerprint density at radius 2 is 1.31 bits per heavy atom. The molecule has 0 saturated heterocycles. The first-order valence-electron chi connectivity index (χ1n) is 17.6. The number of rotatable bonds is 9. The van der Waals surface area contributed by atoms with E-state index in [0.29, 0.717) is 6.54 Å². The average Bonchev–Trinajstić information content (AvgIpc) is 3.16. The highest BCUT2D eigenvalue weighted by Crippen LogP contribution is 2.37. The van der Waals surface area contributed by atoms with Crippen LogP contribution in [0.1, 0.15) is 80.6 Å². The molecule has 2 nitrogen and oxygen atoms in total. The number of benzene rings is 4. The molecule has 0 atom stereocenters. The van der Waals surface area contributed by atoms with Gasteiger partial charge in [-0.3, -0.25) is 9.98 Å². The van der Waals surface area contributed by atoms with E-state index in [1.165, 1.54) is 38.9 Å². The Balaban J connectivity index is 0.000000403. The molecular weight excluding hydrogens is 629 g/mol. The van der Waals surface area contributed by atoms with Crippen LogP contribution in [0, 0.1) is 26.7 Å². The van der Waals surface area contributed by atoms with Gasteiger partial charge in [0, 0.05) is 23.0 Å². The predicted octanol–water partition coefficient (Wildman–Crippen LogP) is 13.4. The number of allylic oxidation sites excluding steroid dienone is 6. The van der Waals surface area contributed by atoms with Crippen LogP contribution in [0.5, 0.6) is 0 Å². The molecule has 266 valence electrons. The highest BCUT2D eigenvalue weighted by atomic mass is 14.7. The zero-order valence-electron chi connectivity index (χ0n) is 32.5. The van der Waals surface area contributed by atoms with Gasteiger partial charge < -0.3 is 0 Å². The molecule has 1 heterocycles. The van der Waals surface area contributed by atoms with E-state index in [0.717, 1.165) is 28.1 Å². The normalized spacial score (nSPS) is 11.0. The maximum Gasteiger partial charge on any atom is 0.0643 e. The lowest BCUT2D eigenvalue weighted by atomic mass is 9.75. The second-order valence-electron chi connectivity index (χ2n) is 13.1. The van der Waals surface area contributed by atoms with Crippen molar-refractivity contribution in [3.63, 3.8) is 0 Å². The second kappa shape index (κ2) is 22.1. The van der Waals surface area contributed by atoms with Gasteiger partial charge in [0.1, 0.15) is 0 Å². The van der Waals surface area contributed by atoms with Crippen LogP contribution in [0.3, 0.4) is 0 Å². The molecule has 0 unspecified atom stereocenters. The average molecular weight is 685 g/mol. The predicted molar refractivity (Wildman–Crippen MR) is 230 cm³/mol. The third-order valence-electron chi connectivity index (χ3n) is 8.52. The van der Waals surface area contributed by atoms with Gasteiger partial charge >= 0.3 is 0 Å². The van der Waals surface area contributed by atoms with Crippen molar-refractivity contribution in [3.05, 3.63) is 204 Å². The van der Waals surface area contributed by atoms with Gasteiger partial charge in [-0.05, 0) is 92.1 Å². The lowest BCUT2D eigenvalue weighted by Crippen LogP contribution is -2.22. The van der Waals surface area contributed by atoms with Gasteiger partial charge in [0.15, 0.2) is 0 Å². The van der Waals surface area contributed by atoms with Crippen LogP contribution < -0.4 is 0 Å². The van der Waals surface area contributed by atoms with Gasteiger partial charge in [-0.1, -0.05) is 172 Å². The molecular formula is C50H56N2. The van der Waals surface area contributed by atoms with Gasteiger partial charge in [0.25, 0.3) is 0 Å². The van der Waals surface area contributed by atoms with Crippen molar-refractivity contribution in [2.24, 2.45) is 4.99 Å². The summed E-state index contributed by atoms with van der Waals surface area (Å²) in [5.41, 5.74) is 14.2. The first kappa shape index (κ1) is 42.4. The molecule has 2 heteroatoms. The molecule has 1 aromatic heterocycles. The molecule has 5 aromatic rings. The summed E-state index contributed by atoms with van der Waals surface area (Å²) in [7, 11) is 0. The van der Waals surface area contributed by atoms with E-state index in [2.05, 4.69) is 151 Å². The number of nitrogens with zero attached hydrogens (tertiary/aromatic N) is 2. The van der Waals surface area contributed by atoms with Crippen LogP contribution >= 0.6 is 0 Å². The van der Waals surface area contributed by atoms with Gasteiger partial charge in [-0.15, -0.1) is 12.8 Å². The summed E-state index contributed by atoms with van der Waals surface area (Å²) in [5, 5.41) is 0. The first-order valence-corrected chi connectivity index (χ1v) is 17.6. The highest BCUT2D eigenvalue weighted by Gasteiger charge is 2.27. The Labute approximate surface area is 315 Å². The summed E-state index contributed by atoms with van der Waals surface area (Å²) in [5.74, 6) is 0. The van der Waals surface area contributed by atoms with Crippen LogP contribution in [0.25, 0.3) is 16.7 Å². The minimum Gasteiger partial charge on any atom is -0.285 e. The van der Waals surface area contributed by atoms with E-state index in [1.54, 1.807) is 0 Å². The number of aliphatic imine (C=N–C) groups is 1. The SMILES string of the molecule is C#C.C=C(C)/C=C\C=C/C.C=C(C)c1ccccc1.CC(=NCc1ccccc1)c1ccc(-c2ccc(C)c(C(C)(C)c3cccnc3C)c2)cc1. The molecule has 5 rings (SSSR count). The van der Waals surface area contributed by atoms with Gasteiger partial charge in [0.05, 0.1) is 6.54 Å². The fraction of sp³-hybridized carbons (Fsp3) is 0.200. The summed E-state index contributed by atoms with van der Waals surface area (Å²) in [6.45, 7) is 25.2. The zero-order chi connectivity index (χ0) is 38.5. The minimum atomic E-state index is -0.126. The Morgan fingerprint density at radius 1 is 0.712 bits per heavy atom.